The highest BCUT2D eigenvalue weighted by molar-refractivity contribution is 7.38. The Morgan fingerprint density at radius 3 is 1.92 bits per heavy atom. The van der Waals surface area contributed by atoms with Crippen LogP contribution in [-0.2, 0) is 4.79 Å². The van der Waals surface area contributed by atoms with Crippen LogP contribution in [0.5, 0.6) is 0 Å². The number of allylic oxidation sites excluding steroid dienone is 3. The molecule has 6 heteroatoms. The number of rotatable bonds is 2. The highest BCUT2D eigenvalue weighted by atomic mass is 31.2. The molecule has 0 atom stereocenters. The molecular formula is C6H11O5P. The summed E-state index contributed by atoms with van der Waals surface area (Å²) < 4.78 is 0. The van der Waals surface area contributed by atoms with Crippen molar-refractivity contribution >= 4 is 14.6 Å². The molecule has 5 nitrogen and oxygen atoms in total. The number of hydrogen-bond donors (Lipinski definition) is 4. The molecule has 0 aliphatic rings. The van der Waals surface area contributed by atoms with Gasteiger partial charge in [-0.15, -0.1) is 0 Å². The summed E-state index contributed by atoms with van der Waals surface area (Å²) in [5.74, 6) is -0.914. The first kappa shape index (κ1) is 13.8. The van der Waals surface area contributed by atoms with Gasteiger partial charge in [0.05, 0.1) is 0 Å². The molecule has 4 N–H and O–H groups in total. The number of carbonyl (C=O) groups is 1. The van der Waals surface area contributed by atoms with Gasteiger partial charge in [0.2, 0.25) is 0 Å². The predicted octanol–water partition coefficient (Wildman–Crippen LogP) is 0.394. The van der Waals surface area contributed by atoms with Gasteiger partial charge in [-0.25, -0.2) is 4.79 Å². The van der Waals surface area contributed by atoms with Crippen LogP contribution in [0.15, 0.2) is 24.3 Å². The number of carboxylic acids is 1. The molecular weight excluding hydrogens is 183 g/mol. The van der Waals surface area contributed by atoms with Crippen molar-refractivity contribution in [2.75, 3.05) is 0 Å². The van der Waals surface area contributed by atoms with Crippen molar-refractivity contribution < 1.29 is 24.6 Å². The predicted molar refractivity (Wildman–Crippen MR) is 45.2 cm³/mol. The highest BCUT2D eigenvalue weighted by Gasteiger charge is 1.78. The minimum absolute atomic E-state index is 0.914. The zero-order valence-corrected chi connectivity index (χ0v) is 7.35. The first-order chi connectivity index (χ1) is 5.50. The minimum atomic E-state index is -2.62. The zero-order valence-electron chi connectivity index (χ0n) is 6.45. The Morgan fingerprint density at radius 2 is 1.67 bits per heavy atom. The molecule has 0 aromatic rings. The fourth-order valence-electron chi connectivity index (χ4n) is 0.249. The van der Waals surface area contributed by atoms with E-state index in [9.17, 15) is 4.79 Å². The topological polar surface area (TPSA) is 98.0 Å². The molecule has 0 aromatic carbocycles. The molecule has 0 aliphatic heterocycles. The van der Waals surface area contributed by atoms with Gasteiger partial charge in [0.15, 0.2) is 0 Å². The fraction of sp³-hybridized carbons (Fsp3) is 0.167. The Balaban J connectivity index is 0. The molecule has 0 saturated carbocycles. The highest BCUT2D eigenvalue weighted by Crippen LogP contribution is 2.11. The van der Waals surface area contributed by atoms with Crippen molar-refractivity contribution in [2.45, 2.75) is 6.92 Å². The number of aliphatic carboxylic acids is 1. The van der Waals surface area contributed by atoms with Crippen LogP contribution in [0.25, 0.3) is 0 Å². The second-order valence-corrected chi connectivity index (χ2v) is 2.03. The third-order valence-electron chi connectivity index (χ3n) is 0.542. The van der Waals surface area contributed by atoms with E-state index in [0.29, 0.717) is 0 Å². The first-order valence-electron chi connectivity index (χ1n) is 2.89. The van der Waals surface area contributed by atoms with Crippen LogP contribution in [-0.4, -0.2) is 25.8 Å². The van der Waals surface area contributed by atoms with Crippen LogP contribution in [0.3, 0.4) is 0 Å². The number of hydrogen-bond acceptors (Lipinski definition) is 4. The van der Waals surface area contributed by atoms with E-state index in [1.165, 1.54) is 6.08 Å². The molecule has 0 aliphatic carbocycles. The van der Waals surface area contributed by atoms with Crippen LogP contribution in [0.2, 0.25) is 0 Å². The average Bonchev–Trinajstić information content (AvgIpc) is 1.86. The molecule has 0 rings (SSSR count). The van der Waals surface area contributed by atoms with Gasteiger partial charge in [0, 0.05) is 6.08 Å². The number of carboxylic acid groups (broad SMARTS) is 1. The standard InChI is InChI=1S/C6H8O2.H3O3P/c1-2-3-4-5-6(7)8;1-4(2)3/h2-5H,1H3,(H,7,8);1-3H/b3-2+,5-4+;. The minimum Gasteiger partial charge on any atom is -0.478 e. The van der Waals surface area contributed by atoms with E-state index in [1.807, 2.05) is 6.92 Å². The van der Waals surface area contributed by atoms with Gasteiger partial charge < -0.3 is 19.8 Å². The summed E-state index contributed by atoms with van der Waals surface area (Å²) >= 11 is 0. The van der Waals surface area contributed by atoms with Crippen molar-refractivity contribution in [2.24, 2.45) is 0 Å². The second-order valence-electron chi connectivity index (χ2n) is 1.49. The first-order valence-corrected chi connectivity index (χ1v) is 4.09. The zero-order chi connectivity index (χ0) is 9.98. The third kappa shape index (κ3) is 34.8. The SMILES string of the molecule is C/C=C/C=C/C(=O)O.OP(O)O. The van der Waals surface area contributed by atoms with Crippen molar-refractivity contribution in [1.82, 2.24) is 0 Å². The van der Waals surface area contributed by atoms with E-state index in [2.05, 4.69) is 0 Å². The van der Waals surface area contributed by atoms with E-state index >= 15 is 0 Å². The van der Waals surface area contributed by atoms with Crippen molar-refractivity contribution in [3.63, 3.8) is 0 Å². The molecule has 0 radical (unpaired) electrons. The van der Waals surface area contributed by atoms with Gasteiger partial charge >= 0.3 is 14.6 Å². The summed E-state index contributed by atoms with van der Waals surface area (Å²) in [6.45, 7) is 1.83. The largest absolute Gasteiger partial charge is 0.478 e. The molecule has 0 fully saturated rings. The molecule has 0 unspecified atom stereocenters. The maximum absolute atomic E-state index is 9.75. The summed E-state index contributed by atoms with van der Waals surface area (Å²) in [6.07, 6.45) is 5.98. The van der Waals surface area contributed by atoms with Gasteiger partial charge in [0.1, 0.15) is 0 Å². The molecule has 0 heterocycles. The molecule has 0 bridgehead atoms. The van der Waals surface area contributed by atoms with Gasteiger partial charge in [-0.3, -0.25) is 0 Å². The lowest BCUT2D eigenvalue weighted by Crippen LogP contribution is -1.83. The summed E-state index contributed by atoms with van der Waals surface area (Å²) in [4.78, 5) is 31.4. The van der Waals surface area contributed by atoms with Crippen LogP contribution >= 0.6 is 8.60 Å². The van der Waals surface area contributed by atoms with Crippen LogP contribution < -0.4 is 0 Å². The molecule has 70 valence electrons. The Morgan fingerprint density at radius 1 is 1.25 bits per heavy atom. The molecule has 0 aromatic heterocycles. The smallest absolute Gasteiger partial charge is 0.328 e. The van der Waals surface area contributed by atoms with Crippen LogP contribution in [0, 0.1) is 0 Å². The van der Waals surface area contributed by atoms with Crippen molar-refractivity contribution in [3.8, 4) is 0 Å². The maximum Gasteiger partial charge on any atom is 0.328 e. The second kappa shape index (κ2) is 10.3. The Bertz CT molecular complexity index is 161. The molecule has 12 heavy (non-hydrogen) atoms. The summed E-state index contributed by atoms with van der Waals surface area (Å²) in [7, 11) is -2.62. The lowest BCUT2D eigenvalue weighted by Gasteiger charge is -1.76. The quantitative estimate of drug-likeness (QED) is 0.289. The van der Waals surface area contributed by atoms with Gasteiger partial charge in [0.25, 0.3) is 0 Å². The molecule has 0 saturated heterocycles. The normalized spacial score (nSPS) is 10.4. The lowest BCUT2D eigenvalue weighted by molar-refractivity contribution is -0.131. The molecule has 0 amide bonds. The fourth-order valence-corrected chi connectivity index (χ4v) is 0.249. The van der Waals surface area contributed by atoms with E-state index in [-0.39, 0.29) is 0 Å². The third-order valence-corrected chi connectivity index (χ3v) is 0.542. The van der Waals surface area contributed by atoms with E-state index in [4.69, 9.17) is 19.8 Å². The Hall–Kier alpha value is -0.740. The lowest BCUT2D eigenvalue weighted by atomic mass is 10.4. The van der Waals surface area contributed by atoms with E-state index in [1.54, 1.807) is 12.2 Å². The Labute approximate surface area is 71.3 Å². The van der Waals surface area contributed by atoms with Gasteiger partial charge in [-0.05, 0) is 6.92 Å². The van der Waals surface area contributed by atoms with Crippen LogP contribution in [0.1, 0.15) is 6.92 Å². The maximum atomic E-state index is 9.75. The monoisotopic (exact) mass is 194 g/mol. The van der Waals surface area contributed by atoms with E-state index in [0.717, 1.165) is 6.08 Å². The molecule has 0 spiro atoms. The Kier molecular flexibility index (Phi) is 11.8. The van der Waals surface area contributed by atoms with Crippen molar-refractivity contribution in [1.29, 1.82) is 0 Å². The van der Waals surface area contributed by atoms with Gasteiger partial charge in [-0.2, -0.15) is 0 Å². The average molecular weight is 194 g/mol. The van der Waals surface area contributed by atoms with E-state index < -0.39 is 14.6 Å². The summed E-state index contributed by atoms with van der Waals surface area (Å²) in [6, 6.07) is 0. The van der Waals surface area contributed by atoms with Crippen LogP contribution in [0.4, 0.5) is 0 Å². The summed E-state index contributed by atoms with van der Waals surface area (Å²) in [5.41, 5.74) is 0. The van der Waals surface area contributed by atoms with Crippen molar-refractivity contribution in [3.05, 3.63) is 24.3 Å². The van der Waals surface area contributed by atoms with Gasteiger partial charge in [-0.1, -0.05) is 18.2 Å². The summed E-state index contributed by atoms with van der Waals surface area (Å²) in [5, 5.41) is 8.02.